The van der Waals surface area contributed by atoms with Crippen LogP contribution in [0.4, 0.5) is 19.0 Å². The molecule has 0 aliphatic rings. The molecule has 0 saturated carbocycles. The molecule has 19 heavy (non-hydrogen) atoms. The number of carbonyl (C=O) groups is 1. The zero-order valence-corrected chi connectivity index (χ0v) is 11.5. The fourth-order valence-electron chi connectivity index (χ4n) is 1.43. The first-order valence-corrected chi connectivity index (χ1v) is 6.02. The first-order valence-electron chi connectivity index (χ1n) is 5.22. The maximum atomic E-state index is 12.2. The fourth-order valence-corrected chi connectivity index (χ4v) is 1.76. The molecule has 0 aromatic carbocycles. The van der Waals surface area contributed by atoms with Gasteiger partial charge in [-0.15, -0.1) is 0 Å². The van der Waals surface area contributed by atoms with Gasteiger partial charge in [-0.3, -0.25) is 4.79 Å². The van der Waals surface area contributed by atoms with Crippen LogP contribution >= 0.6 is 15.9 Å². The van der Waals surface area contributed by atoms with Crippen molar-refractivity contribution in [2.45, 2.75) is 25.6 Å². The molecule has 0 spiro atoms. The second-order valence-electron chi connectivity index (χ2n) is 3.89. The predicted octanol–water partition coefficient (Wildman–Crippen LogP) is 2.20. The molecule has 1 aromatic rings. The minimum atomic E-state index is -4.34. The largest absolute Gasteiger partial charge is 0.391 e. The van der Waals surface area contributed by atoms with Crippen LogP contribution in [0.2, 0.25) is 0 Å². The Morgan fingerprint density at radius 1 is 1.58 bits per heavy atom. The predicted molar refractivity (Wildman–Crippen MR) is 67.3 cm³/mol. The molecule has 0 saturated heterocycles. The monoisotopic (exact) mass is 340 g/mol. The standard InChI is InChI=1S/C10H12BrF3N4O/c1-5(3-10(12,13)14)17-9(19)7-2-6(11)4-16-8(7)18-15/h2,4-5H,3,15H2,1H3,(H,16,18)(H,17,19). The second kappa shape index (κ2) is 6.20. The third kappa shape index (κ3) is 5.03. The van der Waals surface area contributed by atoms with Crippen LogP contribution in [0.3, 0.4) is 0 Å². The Kier molecular flexibility index (Phi) is 5.12. The summed E-state index contributed by atoms with van der Waals surface area (Å²) in [5.74, 6) is 4.58. The van der Waals surface area contributed by atoms with Crippen molar-refractivity contribution in [1.29, 1.82) is 0 Å². The molecule has 0 aliphatic carbocycles. The summed E-state index contributed by atoms with van der Waals surface area (Å²) in [5, 5.41) is 2.24. The van der Waals surface area contributed by atoms with Crippen molar-refractivity contribution >= 4 is 27.7 Å². The lowest BCUT2D eigenvalue weighted by Crippen LogP contribution is -2.36. The molecule has 106 valence electrons. The molecule has 9 heteroatoms. The summed E-state index contributed by atoms with van der Waals surface area (Å²) in [6.07, 6.45) is -4.03. The molecule has 0 aliphatic heterocycles. The molecule has 0 fully saturated rings. The first-order chi connectivity index (χ1) is 8.73. The highest BCUT2D eigenvalue weighted by Gasteiger charge is 2.31. The van der Waals surface area contributed by atoms with E-state index < -0.39 is 24.5 Å². The Morgan fingerprint density at radius 3 is 2.74 bits per heavy atom. The Balaban J connectivity index is 2.81. The van der Waals surface area contributed by atoms with E-state index in [2.05, 4.69) is 31.7 Å². The third-order valence-corrected chi connectivity index (χ3v) is 2.58. The number of anilines is 1. The number of amides is 1. The summed E-state index contributed by atoms with van der Waals surface area (Å²) in [4.78, 5) is 15.7. The lowest BCUT2D eigenvalue weighted by molar-refractivity contribution is -0.138. The zero-order chi connectivity index (χ0) is 14.6. The van der Waals surface area contributed by atoms with E-state index in [4.69, 9.17) is 5.84 Å². The van der Waals surface area contributed by atoms with Crippen molar-refractivity contribution in [2.24, 2.45) is 5.84 Å². The number of nitrogen functional groups attached to an aromatic ring is 1. The summed E-state index contributed by atoms with van der Waals surface area (Å²) in [5.41, 5.74) is 2.27. The average Bonchev–Trinajstić information content (AvgIpc) is 2.26. The summed E-state index contributed by atoms with van der Waals surface area (Å²) < 4.78 is 37.0. The molecule has 1 aromatic heterocycles. The summed E-state index contributed by atoms with van der Waals surface area (Å²) >= 11 is 3.12. The molecule has 1 amide bonds. The molecule has 1 heterocycles. The number of alkyl halides is 3. The smallest absolute Gasteiger partial charge is 0.349 e. The molecular formula is C10H12BrF3N4O. The Bertz CT molecular complexity index is 467. The highest BCUT2D eigenvalue weighted by atomic mass is 79.9. The van der Waals surface area contributed by atoms with Crippen molar-refractivity contribution in [3.63, 3.8) is 0 Å². The van der Waals surface area contributed by atoms with Crippen molar-refractivity contribution in [3.8, 4) is 0 Å². The van der Waals surface area contributed by atoms with Crippen LogP contribution in [0.5, 0.6) is 0 Å². The van der Waals surface area contributed by atoms with Gasteiger partial charge in [-0.25, -0.2) is 10.8 Å². The van der Waals surface area contributed by atoms with Gasteiger partial charge in [0.15, 0.2) is 5.82 Å². The number of hydrogen-bond donors (Lipinski definition) is 3. The van der Waals surface area contributed by atoms with Crippen molar-refractivity contribution in [1.82, 2.24) is 10.3 Å². The van der Waals surface area contributed by atoms with Crippen LogP contribution in [0.1, 0.15) is 23.7 Å². The van der Waals surface area contributed by atoms with E-state index in [0.717, 1.165) is 0 Å². The number of nitrogens with zero attached hydrogens (tertiary/aromatic N) is 1. The number of nitrogens with one attached hydrogen (secondary N) is 2. The van der Waals surface area contributed by atoms with Crippen molar-refractivity contribution < 1.29 is 18.0 Å². The second-order valence-corrected chi connectivity index (χ2v) is 4.80. The summed E-state index contributed by atoms with van der Waals surface area (Å²) in [6, 6.07) is 0.370. The normalized spacial score (nSPS) is 12.9. The van der Waals surface area contributed by atoms with Crippen LogP contribution in [0.15, 0.2) is 16.7 Å². The van der Waals surface area contributed by atoms with E-state index >= 15 is 0 Å². The first kappa shape index (κ1) is 15.7. The van der Waals surface area contributed by atoms with Crippen molar-refractivity contribution in [2.75, 3.05) is 5.43 Å². The topological polar surface area (TPSA) is 80.0 Å². The lowest BCUT2D eigenvalue weighted by atomic mass is 10.2. The number of hydrazine groups is 1. The van der Waals surface area contributed by atoms with Gasteiger partial charge in [0, 0.05) is 16.7 Å². The third-order valence-electron chi connectivity index (χ3n) is 2.15. The SMILES string of the molecule is CC(CC(F)(F)F)NC(=O)c1cc(Br)cnc1NN. The van der Waals surface area contributed by atoms with Crippen LogP contribution in [-0.2, 0) is 0 Å². The van der Waals surface area contributed by atoms with Crippen LogP contribution in [0, 0.1) is 0 Å². The fraction of sp³-hybridized carbons (Fsp3) is 0.400. The van der Waals surface area contributed by atoms with E-state index in [-0.39, 0.29) is 11.4 Å². The summed E-state index contributed by atoms with van der Waals surface area (Å²) in [7, 11) is 0. The van der Waals surface area contributed by atoms with Gasteiger partial charge in [0.25, 0.3) is 5.91 Å². The van der Waals surface area contributed by atoms with Gasteiger partial charge in [0.2, 0.25) is 0 Å². The Hall–Kier alpha value is -1.35. The van der Waals surface area contributed by atoms with Gasteiger partial charge >= 0.3 is 6.18 Å². The Morgan fingerprint density at radius 2 is 2.21 bits per heavy atom. The molecular weight excluding hydrogens is 329 g/mol. The molecule has 5 nitrogen and oxygen atoms in total. The van der Waals surface area contributed by atoms with E-state index in [0.29, 0.717) is 4.47 Å². The van der Waals surface area contributed by atoms with Crippen LogP contribution in [0.25, 0.3) is 0 Å². The van der Waals surface area contributed by atoms with Crippen LogP contribution in [-0.4, -0.2) is 23.1 Å². The molecule has 1 unspecified atom stereocenters. The maximum Gasteiger partial charge on any atom is 0.391 e. The highest BCUT2D eigenvalue weighted by molar-refractivity contribution is 9.10. The molecule has 4 N–H and O–H groups in total. The number of aromatic nitrogens is 1. The maximum absolute atomic E-state index is 12.2. The molecule has 1 atom stereocenters. The minimum absolute atomic E-state index is 0.0610. The average molecular weight is 341 g/mol. The van der Waals surface area contributed by atoms with Gasteiger partial charge in [-0.05, 0) is 28.9 Å². The van der Waals surface area contributed by atoms with E-state index in [9.17, 15) is 18.0 Å². The number of halogens is 4. The quantitative estimate of drug-likeness (QED) is 0.579. The van der Waals surface area contributed by atoms with E-state index in [1.807, 2.05) is 0 Å². The number of pyridine rings is 1. The number of nitrogens with two attached hydrogens (primary N) is 1. The van der Waals surface area contributed by atoms with Gasteiger partial charge in [-0.2, -0.15) is 13.2 Å². The minimum Gasteiger partial charge on any atom is -0.349 e. The highest BCUT2D eigenvalue weighted by Crippen LogP contribution is 2.22. The molecule has 0 bridgehead atoms. The molecule has 1 rings (SSSR count). The number of hydrogen-bond acceptors (Lipinski definition) is 4. The van der Waals surface area contributed by atoms with Gasteiger partial charge in [0.05, 0.1) is 12.0 Å². The lowest BCUT2D eigenvalue weighted by Gasteiger charge is -2.16. The van der Waals surface area contributed by atoms with Crippen molar-refractivity contribution in [3.05, 3.63) is 22.3 Å². The van der Waals surface area contributed by atoms with Crippen LogP contribution < -0.4 is 16.6 Å². The number of rotatable bonds is 4. The van der Waals surface area contributed by atoms with E-state index in [1.54, 1.807) is 0 Å². The Labute approximate surface area is 115 Å². The zero-order valence-electron chi connectivity index (χ0n) is 9.88. The summed E-state index contributed by atoms with van der Waals surface area (Å²) in [6.45, 7) is 1.27. The number of carbonyl (C=O) groups excluding carboxylic acids is 1. The van der Waals surface area contributed by atoms with E-state index in [1.165, 1.54) is 19.2 Å². The van der Waals surface area contributed by atoms with Gasteiger partial charge in [-0.1, -0.05) is 0 Å². The van der Waals surface area contributed by atoms with Gasteiger partial charge < -0.3 is 10.7 Å². The van der Waals surface area contributed by atoms with Gasteiger partial charge in [0.1, 0.15) is 0 Å². The molecule has 0 radical (unpaired) electrons.